The van der Waals surface area contributed by atoms with E-state index in [1.807, 2.05) is 6.07 Å². The summed E-state index contributed by atoms with van der Waals surface area (Å²) < 4.78 is 20.1. The van der Waals surface area contributed by atoms with E-state index in [1.54, 1.807) is 12.1 Å². The van der Waals surface area contributed by atoms with Crippen LogP contribution in [0.25, 0.3) is 0 Å². The number of amides is 2. The summed E-state index contributed by atoms with van der Waals surface area (Å²) in [5, 5.41) is 5.15. The fourth-order valence-electron chi connectivity index (χ4n) is 2.27. The average Bonchev–Trinajstić information content (AvgIpc) is 2.57. The van der Waals surface area contributed by atoms with Gasteiger partial charge in [-0.15, -0.1) is 0 Å². The molecule has 6 heteroatoms. The van der Waals surface area contributed by atoms with Gasteiger partial charge in [0.05, 0.1) is 16.8 Å². The van der Waals surface area contributed by atoms with Crippen molar-refractivity contribution in [3.05, 3.63) is 58.3 Å². The molecular formula is C20H24BrFN2O2. The molecule has 0 aliphatic rings. The van der Waals surface area contributed by atoms with Gasteiger partial charge < -0.3 is 15.4 Å². The highest BCUT2D eigenvalue weighted by Crippen LogP contribution is 2.31. The first-order chi connectivity index (χ1) is 12.3. The molecule has 0 aliphatic carbocycles. The minimum Gasteiger partial charge on any atom is -0.492 e. The van der Waals surface area contributed by atoms with Gasteiger partial charge in [-0.05, 0) is 57.6 Å². The van der Waals surface area contributed by atoms with E-state index in [0.29, 0.717) is 19.6 Å². The molecule has 140 valence electrons. The van der Waals surface area contributed by atoms with Gasteiger partial charge in [0.25, 0.3) is 0 Å². The first-order valence-corrected chi connectivity index (χ1v) is 9.29. The van der Waals surface area contributed by atoms with Crippen molar-refractivity contribution >= 4 is 27.6 Å². The number of rotatable bonds is 6. The van der Waals surface area contributed by atoms with Gasteiger partial charge in [-0.1, -0.05) is 39.0 Å². The van der Waals surface area contributed by atoms with E-state index in [-0.39, 0.29) is 11.1 Å². The maximum absolute atomic E-state index is 13.5. The number of urea groups is 1. The molecule has 2 aromatic carbocycles. The molecule has 0 bridgehead atoms. The van der Waals surface area contributed by atoms with Crippen molar-refractivity contribution in [2.75, 3.05) is 18.5 Å². The van der Waals surface area contributed by atoms with E-state index in [9.17, 15) is 9.18 Å². The molecule has 0 saturated heterocycles. The molecule has 4 nitrogen and oxygen atoms in total. The molecule has 2 aromatic rings. The number of para-hydroxylation sites is 1. The number of halogens is 2. The Morgan fingerprint density at radius 3 is 2.58 bits per heavy atom. The Morgan fingerprint density at radius 2 is 1.92 bits per heavy atom. The fourth-order valence-corrected chi connectivity index (χ4v) is 2.76. The number of nitrogens with one attached hydrogen (secondary N) is 2. The maximum Gasteiger partial charge on any atom is 0.319 e. The molecule has 0 spiro atoms. The first kappa shape index (κ1) is 20.2. The van der Waals surface area contributed by atoms with Gasteiger partial charge in [0, 0.05) is 6.54 Å². The Labute approximate surface area is 162 Å². The monoisotopic (exact) mass is 422 g/mol. The molecule has 2 amide bonds. The van der Waals surface area contributed by atoms with E-state index in [4.69, 9.17) is 4.74 Å². The van der Waals surface area contributed by atoms with Crippen LogP contribution in [0.4, 0.5) is 14.9 Å². The summed E-state index contributed by atoms with van der Waals surface area (Å²) in [7, 11) is 0. The minimum absolute atomic E-state index is 0.0799. The van der Waals surface area contributed by atoms with Crippen LogP contribution in [0.5, 0.6) is 5.75 Å². The Kier molecular flexibility index (Phi) is 7.03. The molecule has 0 saturated carbocycles. The van der Waals surface area contributed by atoms with Crippen molar-refractivity contribution in [2.45, 2.75) is 32.6 Å². The largest absolute Gasteiger partial charge is 0.492 e. The van der Waals surface area contributed by atoms with Crippen LogP contribution in [0.1, 0.15) is 32.8 Å². The summed E-state index contributed by atoms with van der Waals surface area (Å²) in [6, 6.07) is 11.7. The highest BCUT2D eigenvalue weighted by molar-refractivity contribution is 9.10. The van der Waals surface area contributed by atoms with Crippen LogP contribution in [0.3, 0.4) is 0 Å². The van der Waals surface area contributed by atoms with Crippen molar-refractivity contribution < 1.29 is 13.9 Å². The topological polar surface area (TPSA) is 50.4 Å². The SMILES string of the molecule is CC(C)(C)c1ccc(OCCCNC(=O)Nc2ccccc2F)c(Br)c1. The zero-order valence-corrected chi connectivity index (χ0v) is 16.8. The number of ether oxygens (including phenoxy) is 1. The van der Waals surface area contributed by atoms with Gasteiger partial charge in [0.15, 0.2) is 0 Å². The molecule has 0 radical (unpaired) electrons. The molecule has 0 aliphatic heterocycles. The number of anilines is 1. The normalized spacial score (nSPS) is 11.1. The van der Waals surface area contributed by atoms with E-state index < -0.39 is 11.8 Å². The zero-order chi connectivity index (χ0) is 19.2. The van der Waals surface area contributed by atoms with Crippen LogP contribution in [-0.4, -0.2) is 19.2 Å². The van der Waals surface area contributed by atoms with Crippen molar-refractivity contribution in [1.82, 2.24) is 5.32 Å². The quantitative estimate of drug-likeness (QED) is 0.605. The summed E-state index contributed by atoms with van der Waals surface area (Å²) >= 11 is 3.54. The molecule has 2 N–H and O–H groups in total. The van der Waals surface area contributed by atoms with Gasteiger partial charge >= 0.3 is 6.03 Å². The zero-order valence-electron chi connectivity index (χ0n) is 15.2. The van der Waals surface area contributed by atoms with Crippen LogP contribution in [0.15, 0.2) is 46.9 Å². The van der Waals surface area contributed by atoms with Crippen LogP contribution in [0, 0.1) is 5.82 Å². The fraction of sp³-hybridized carbons (Fsp3) is 0.350. The summed E-state index contributed by atoms with van der Waals surface area (Å²) in [6.07, 6.45) is 0.637. The van der Waals surface area contributed by atoms with E-state index >= 15 is 0 Å². The van der Waals surface area contributed by atoms with Crippen molar-refractivity contribution in [1.29, 1.82) is 0 Å². The molecule has 0 heterocycles. The number of carbonyl (C=O) groups excluding carboxylic acids is 1. The Balaban J connectivity index is 1.72. The van der Waals surface area contributed by atoms with Crippen LogP contribution in [0.2, 0.25) is 0 Å². The lowest BCUT2D eigenvalue weighted by molar-refractivity contribution is 0.250. The lowest BCUT2D eigenvalue weighted by Gasteiger charge is -2.20. The molecule has 0 unspecified atom stereocenters. The van der Waals surface area contributed by atoms with Crippen LogP contribution < -0.4 is 15.4 Å². The summed E-state index contributed by atoms with van der Waals surface area (Å²) in [5.74, 6) is 0.309. The molecule has 0 aromatic heterocycles. The predicted octanol–water partition coefficient (Wildman–Crippen LogP) is 5.48. The van der Waals surface area contributed by atoms with Gasteiger partial charge in [-0.3, -0.25) is 0 Å². The Bertz CT molecular complexity index is 760. The second-order valence-corrected chi connectivity index (χ2v) is 7.81. The second kappa shape index (κ2) is 9.03. The summed E-state index contributed by atoms with van der Waals surface area (Å²) in [4.78, 5) is 11.7. The summed E-state index contributed by atoms with van der Waals surface area (Å²) in [6.45, 7) is 7.37. The first-order valence-electron chi connectivity index (χ1n) is 8.49. The number of carbonyl (C=O) groups is 1. The molecule has 26 heavy (non-hydrogen) atoms. The van der Waals surface area contributed by atoms with Gasteiger partial charge in [-0.25, -0.2) is 9.18 Å². The van der Waals surface area contributed by atoms with Crippen molar-refractivity contribution in [3.8, 4) is 5.75 Å². The Hall–Kier alpha value is -2.08. The van der Waals surface area contributed by atoms with Crippen molar-refractivity contribution in [3.63, 3.8) is 0 Å². The number of benzene rings is 2. The molecule has 0 atom stereocenters. The smallest absolute Gasteiger partial charge is 0.319 e. The van der Waals surface area contributed by atoms with Gasteiger partial charge in [-0.2, -0.15) is 0 Å². The van der Waals surface area contributed by atoms with Crippen LogP contribution >= 0.6 is 15.9 Å². The Morgan fingerprint density at radius 1 is 1.19 bits per heavy atom. The van der Waals surface area contributed by atoms with Gasteiger partial charge in [0.2, 0.25) is 0 Å². The highest BCUT2D eigenvalue weighted by Gasteiger charge is 2.15. The van der Waals surface area contributed by atoms with Crippen LogP contribution in [-0.2, 0) is 5.41 Å². The lowest BCUT2D eigenvalue weighted by atomic mass is 9.87. The lowest BCUT2D eigenvalue weighted by Crippen LogP contribution is -2.30. The third-order valence-corrected chi connectivity index (χ3v) is 4.40. The molecule has 0 fully saturated rings. The second-order valence-electron chi connectivity index (χ2n) is 6.96. The predicted molar refractivity (Wildman–Crippen MR) is 106 cm³/mol. The minimum atomic E-state index is -0.463. The third-order valence-electron chi connectivity index (χ3n) is 3.78. The standard InChI is InChI=1S/C20H24BrFN2O2/c1-20(2,3)14-9-10-18(15(21)13-14)26-12-6-11-23-19(25)24-17-8-5-4-7-16(17)22/h4-5,7-10,13H,6,11-12H2,1-3H3,(H2,23,24,25). The van der Waals surface area contributed by atoms with Crippen molar-refractivity contribution in [2.24, 2.45) is 0 Å². The molecular weight excluding hydrogens is 399 g/mol. The maximum atomic E-state index is 13.5. The van der Waals surface area contributed by atoms with E-state index in [0.717, 1.165) is 10.2 Å². The summed E-state index contributed by atoms with van der Waals surface area (Å²) in [5.41, 5.74) is 1.46. The molecule has 2 rings (SSSR count). The van der Waals surface area contributed by atoms with Gasteiger partial charge in [0.1, 0.15) is 11.6 Å². The van der Waals surface area contributed by atoms with E-state index in [2.05, 4.69) is 59.5 Å². The number of hydrogen-bond acceptors (Lipinski definition) is 2. The van der Waals surface area contributed by atoms with E-state index in [1.165, 1.54) is 17.7 Å². The third kappa shape index (κ3) is 6.02. The average molecular weight is 423 g/mol. The highest BCUT2D eigenvalue weighted by atomic mass is 79.9. The number of hydrogen-bond donors (Lipinski definition) is 2.